The lowest BCUT2D eigenvalue weighted by atomic mass is 10.1. The first-order chi connectivity index (χ1) is 9.56. The van der Waals surface area contributed by atoms with Gasteiger partial charge in [-0.25, -0.2) is 26.7 Å². The Morgan fingerprint density at radius 3 is 2.24 bits per heavy atom. The standard InChI is InChI=1S/C11H13F2NO6S/c1-11(4-15,5-16)14-21(19,20)8-3-6(10(17)18)2-7(12)9(8)13/h2-3,14-16H,4-5H2,1H3,(H,17,18). The minimum Gasteiger partial charge on any atom is -0.478 e. The van der Waals surface area contributed by atoms with E-state index in [1.807, 2.05) is 0 Å². The van der Waals surface area contributed by atoms with E-state index in [1.54, 1.807) is 4.72 Å². The molecule has 118 valence electrons. The largest absolute Gasteiger partial charge is 0.478 e. The summed E-state index contributed by atoms with van der Waals surface area (Å²) in [6.45, 7) is -0.503. The zero-order valence-electron chi connectivity index (χ0n) is 10.8. The lowest BCUT2D eigenvalue weighted by molar-refractivity contribution is 0.0695. The molecule has 0 aliphatic carbocycles. The van der Waals surface area contributed by atoms with Gasteiger partial charge in [0.2, 0.25) is 10.0 Å². The SMILES string of the molecule is CC(CO)(CO)NS(=O)(=O)c1cc(C(=O)O)cc(F)c1F. The first kappa shape index (κ1) is 17.4. The van der Waals surface area contributed by atoms with E-state index in [9.17, 15) is 22.0 Å². The molecule has 10 heteroatoms. The Balaban J connectivity index is 3.41. The zero-order chi connectivity index (χ0) is 16.4. The normalized spacial score (nSPS) is 12.4. The summed E-state index contributed by atoms with van der Waals surface area (Å²) in [5, 5.41) is 26.8. The van der Waals surface area contributed by atoms with E-state index in [2.05, 4.69) is 0 Å². The molecule has 0 fully saturated rings. The van der Waals surface area contributed by atoms with Crippen molar-refractivity contribution < 1.29 is 37.3 Å². The van der Waals surface area contributed by atoms with Gasteiger partial charge in [0.25, 0.3) is 0 Å². The van der Waals surface area contributed by atoms with Gasteiger partial charge in [0.15, 0.2) is 11.6 Å². The summed E-state index contributed by atoms with van der Waals surface area (Å²) in [5.74, 6) is -5.05. The van der Waals surface area contributed by atoms with Crippen LogP contribution in [0.1, 0.15) is 17.3 Å². The molecule has 0 amide bonds. The average molecular weight is 325 g/mol. The molecule has 1 rings (SSSR count). The van der Waals surface area contributed by atoms with Crippen LogP contribution in [0.5, 0.6) is 0 Å². The maximum atomic E-state index is 13.6. The summed E-state index contributed by atoms with van der Waals surface area (Å²) >= 11 is 0. The second-order valence-corrected chi connectivity index (χ2v) is 6.21. The molecule has 0 aliphatic heterocycles. The Morgan fingerprint density at radius 2 is 1.81 bits per heavy atom. The van der Waals surface area contributed by atoms with Crippen molar-refractivity contribution in [2.75, 3.05) is 13.2 Å². The van der Waals surface area contributed by atoms with E-state index >= 15 is 0 Å². The molecule has 0 atom stereocenters. The number of aromatic carboxylic acids is 1. The summed E-state index contributed by atoms with van der Waals surface area (Å²) in [7, 11) is -4.70. The molecular formula is C11H13F2NO6S. The van der Waals surface area contributed by atoms with E-state index in [4.69, 9.17) is 15.3 Å². The lowest BCUT2D eigenvalue weighted by Crippen LogP contribution is -2.51. The van der Waals surface area contributed by atoms with Crippen molar-refractivity contribution in [3.63, 3.8) is 0 Å². The predicted molar refractivity (Wildman–Crippen MR) is 66.2 cm³/mol. The van der Waals surface area contributed by atoms with Crippen LogP contribution in [-0.4, -0.2) is 48.5 Å². The quantitative estimate of drug-likeness (QED) is 0.568. The number of aliphatic hydroxyl groups is 2. The van der Waals surface area contributed by atoms with Crippen molar-refractivity contribution in [3.8, 4) is 0 Å². The number of hydrogen-bond donors (Lipinski definition) is 4. The van der Waals surface area contributed by atoms with Gasteiger partial charge in [-0.05, 0) is 19.1 Å². The van der Waals surface area contributed by atoms with Gasteiger partial charge in [-0.3, -0.25) is 0 Å². The number of halogens is 2. The molecule has 1 aromatic rings. The Kier molecular flexibility index (Phi) is 4.99. The van der Waals surface area contributed by atoms with Crippen LogP contribution in [0.4, 0.5) is 8.78 Å². The van der Waals surface area contributed by atoms with Crippen LogP contribution in [0.2, 0.25) is 0 Å². The van der Waals surface area contributed by atoms with Crippen LogP contribution in [-0.2, 0) is 10.0 Å². The molecule has 0 bridgehead atoms. The van der Waals surface area contributed by atoms with E-state index in [0.29, 0.717) is 12.1 Å². The monoisotopic (exact) mass is 325 g/mol. The second-order valence-electron chi connectivity index (χ2n) is 4.56. The molecule has 0 saturated heterocycles. The van der Waals surface area contributed by atoms with Gasteiger partial charge in [-0.15, -0.1) is 0 Å². The minimum absolute atomic E-state index is 0.341. The zero-order valence-corrected chi connectivity index (χ0v) is 11.6. The molecule has 0 aromatic heterocycles. The second kappa shape index (κ2) is 6.02. The fourth-order valence-electron chi connectivity index (χ4n) is 1.38. The number of sulfonamides is 1. The number of rotatable bonds is 6. The smallest absolute Gasteiger partial charge is 0.335 e. The molecule has 0 heterocycles. The van der Waals surface area contributed by atoms with Crippen molar-refractivity contribution in [2.45, 2.75) is 17.4 Å². The summed E-state index contributed by atoms with van der Waals surface area (Å²) in [6, 6.07) is 0.784. The van der Waals surface area contributed by atoms with Crippen LogP contribution in [0.15, 0.2) is 17.0 Å². The van der Waals surface area contributed by atoms with Gasteiger partial charge >= 0.3 is 5.97 Å². The third kappa shape index (κ3) is 3.73. The van der Waals surface area contributed by atoms with Crippen LogP contribution >= 0.6 is 0 Å². The van der Waals surface area contributed by atoms with E-state index in [-0.39, 0.29) is 0 Å². The molecule has 7 nitrogen and oxygen atoms in total. The number of carboxylic acids is 1. The molecule has 0 radical (unpaired) electrons. The first-order valence-electron chi connectivity index (χ1n) is 5.54. The maximum absolute atomic E-state index is 13.6. The van der Waals surface area contributed by atoms with Crippen molar-refractivity contribution in [3.05, 3.63) is 29.3 Å². The number of nitrogens with one attached hydrogen (secondary N) is 1. The number of benzene rings is 1. The van der Waals surface area contributed by atoms with Crippen LogP contribution in [0, 0.1) is 11.6 Å². The third-order valence-electron chi connectivity index (χ3n) is 2.61. The van der Waals surface area contributed by atoms with E-state index in [1.165, 1.54) is 0 Å². The number of hydrogen-bond acceptors (Lipinski definition) is 5. The Bertz CT molecular complexity index is 657. The van der Waals surface area contributed by atoms with Gasteiger partial charge in [0.05, 0.1) is 24.3 Å². The summed E-state index contributed by atoms with van der Waals surface area (Å²) < 4.78 is 52.7. The number of aliphatic hydroxyl groups excluding tert-OH is 2. The third-order valence-corrected chi connectivity index (χ3v) is 4.25. The molecule has 4 N–H and O–H groups in total. The Labute approximate surface area is 118 Å². The van der Waals surface area contributed by atoms with Crippen molar-refractivity contribution in [2.24, 2.45) is 0 Å². The van der Waals surface area contributed by atoms with Crippen molar-refractivity contribution in [1.29, 1.82) is 0 Å². The van der Waals surface area contributed by atoms with Crippen LogP contribution in [0.25, 0.3) is 0 Å². The highest BCUT2D eigenvalue weighted by Gasteiger charge is 2.32. The Hall–Kier alpha value is -1.62. The molecule has 0 unspecified atom stereocenters. The fraction of sp³-hybridized carbons (Fsp3) is 0.364. The van der Waals surface area contributed by atoms with Gasteiger partial charge in [0.1, 0.15) is 4.90 Å². The summed E-state index contributed by atoms with van der Waals surface area (Å²) in [4.78, 5) is 9.53. The van der Waals surface area contributed by atoms with Crippen LogP contribution < -0.4 is 4.72 Å². The highest BCUT2D eigenvalue weighted by Crippen LogP contribution is 2.21. The highest BCUT2D eigenvalue weighted by molar-refractivity contribution is 7.89. The fourth-order valence-corrected chi connectivity index (χ4v) is 2.88. The average Bonchev–Trinajstić information content (AvgIpc) is 2.40. The molecule has 0 aliphatic rings. The van der Waals surface area contributed by atoms with Gasteiger partial charge < -0.3 is 15.3 Å². The molecule has 0 saturated carbocycles. The van der Waals surface area contributed by atoms with Gasteiger partial charge in [0, 0.05) is 0 Å². The molecule has 0 spiro atoms. The topological polar surface area (TPSA) is 124 Å². The number of carboxylic acid groups (broad SMARTS) is 1. The molecule has 21 heavy (non-hydrogen) atoms. The van der Waals surface area contributed by atoms with Gasteiger partial charge in [-0.1, -0.05) is 0 Å². The van der Waals surface area contributed by atoms with E-state index < -0.39 is 56.8 Å². The first-order valence-corrected chi connectivity index (χ1v) is 7.02. The molecular weight excluding hydrogens is 312 g/mol. The van der Waals surface area contributed by atoms with Crippen molar-refractivity contribution in [1.82, 2.24) is 4.72 Å². The van der Waals surface area contributed by atoms with Gasteiger partial charge in [-0.2, -0.15) is 0 Å². The van der Waals surface area contributed by atoms with E-state index in [0.717, 1.165) is 6.92 Å². The Morgan fingerprint density at radius 1 is 1.29 bits per heavy atom. The summed E-state index contributed by atoms with van der Waals surface area (Å²) in [5.41, 5.74) is -2.48. The maximum Gasteiger partial charge on any atom is 0.335 e. The summed E-state index contributed by atoms with van der Waals surface area (Å²) in [6.07, 6.45) is 0. The number of carbonyl (C=O) groups is 1. The highest BCUT2D eigenvalue weighted by atomic mass is 32.2. The van der Waals surface area contributed by atoms with Crippen LogP contribution in [0.3, 0.4) is 0 Å². The predicted octanol–water partition coefficient (Wildman–Crippen LogP) is -0.315. The lowest BCUT2D eigenvalue weighted by Gasteiger charge is -2.25. The minimum atomic E-state index is -4.70. The van der Waals surface area contributed by atoms with Crippen molar-refractivity contribution >= 4 is 16.0 Å². The molecule has 1 aromatic carbocycles.